The van der Waals surface area contributed by atoms with Crippen LogP contribution < -0.4 is 5.32 Å². The summed E-state index contributed by atoms with van der Waals surface area (Å²) in [5.74, 6) is 0.695. The van der Waals surface area contributed by atoms with E-state index in [2.05, 4.69) is 58.1 Å². The highest BCUT2D eigenvalue weighted by atomic mass is 14.9. The summed E-state index contributed by atoms with van der Waals surface area (Å²) in [4.78, 5) is 0. The second kappa shape index (κ2) is 6.80. The van der Waals surface area contributed by atoms with Crippen molar-refractivity contribution in [2.75, 3.05) is 6.54 Å². The molecule has 1 rings (SSSR count). The molecule has 0 saturated heterocycles. The molecule has 1 aromatic rings. The fraction of sp³-hybridized carbons (Fsp3) is 0.625. The minimum absolute atomic E-state index is 0.639. The van der Waals surface area contributed by atoms with Gasteiger partial charge in [0.25, 0.3) is 0 Å². The Bertz CT molecular complexity index is 343. The summed E-state index contributed by atoms with van der Waals surface area (Å²) in [7, 11) is 0. The van der Waals surface area contributed by atoms with Crippen LogP contribution in [0.1, 0.15) is 43.9 Å². The first-order valence-electron chi connectivity index (χ1n) is 6.88. The third kappa shape index (κ3) is 4.16. The van der Waals surface area contributed by atoms with E-state index in [0.717, 1.165) is 6.54 Å². The quantitative estimate of drug-likeness (QED) is 0.786. The van der Waals surface area contributed by atoms with Gasteiger partial charge in [-0.15, -0.1) is 0 Å². The minimum Gasteiger partial charge on any atom is -0.314 e. The Morgan fingerprint density at radius 1 is 1.18 bits per heavy atom. The van der Waals surface area contributed by atoms with Gasteiger partial charge in [0.2, 0.25) is 0 Å². The molecule has 0 fully saturated rings. The highest BCUT2D eigenvalue weighted by molar-refractivity contribution is 5.30. The molecule has 1 aromatic carbocycles. The molecule has 96 valence electrons. The summed E-state index contributed by atoms with van der Waals surface area (Å²) in [6, 6.07) is 7.42. The molecule has 1 heteroatoms. The molecule has 1 N–H and O–H groups in total. The van der Waals surface area contributed by atoms with Gasteiger partial charge in [0.05, 0.1) is 0 Å². The van der Waals surface area contributed by atoms with Crippen molar-refractivity contribution in [3.8, 4) is 0 Å². The molecular weight excluding hydrogens is 206 g/mol. The van der Waals surface area contributed by atoms with Gasteiger partial charge in [0.15, 0.2) is 0 Å². The molecule has 2 unspecified atom stereocenters. The standard InChI is InChI=1S/C16H27N/c1-6-16(17-7-2)14(5)11-15-10-12(3)8-9-13(15)4/h8-10,14,16-17H,6-7,11H2,1-5H3. The lowest BCUT2D eigenvalue weighted by atomic mass is 9.90. The van der Waals surface area contributed by atoms with Crippen LogP contribution in [0.4, 0.5) is 0 Å². The predicted octanol–water partition coefficient (Wildman–Crippen LogP) is 3.87. The highest BCUT2D eigenvalue weighted by Crippen LogP contribution is 2.18. The average molecular weight is 233 g/mol. The molecule has 17 heavy (non-hydrogen) atoms. The van der Waals surface area contributed by atoms with E-state index in [4.69, 9.17) is 0 Å². The normalized spacial score (nSPS) is 14.6. The summed E-state index contributed by atoms with van der Waals surface area (Å²) in [5.41, 5.74) is 4.30. The Hall–Kier alpha value is -0.820. The maximum Gasteiger partial charge on any atom is 0.00931 e. The predicted molar refractivity (Wildman–Crippen MR) is 76.5 cm³/mol. The SMILES string of the molecule is CCNC(CC)C(C)Cc1cc(C)ccc1C. The number of hydrogen-bond donors (Lipinski definition) is 1. The molecule has 0 saturated carbocycles. The molecule has 0 spiro atoms. The first-order chi connectivity index (χ1) is 8.08. The monoisotopic (exact) mass is 233 g/mol. The molecule has 2 atom stereocenters. The summed E-state index contributed by atoms with van der Waals surface area (Å²) in [5, 5.41) is 3.59. The van der Waals surface area contributed by atoms with E-state index in [-0.39, 0.29) is 0 Å². The van der Waals surface area contributed by atoms with Gasteiger partial charge in [-0.25, -0.2) is 0 Å². The maximum atomic E-state index is 3.59. The molecular formula is C16H27N. The van der Waals surface area contributed by atoms with Crippen molar-refractivity contribution in [2.45, 2.75) is 53.5 Å². The summed E-state index contributed by atoms with van der Waals surface area (Å²) >= 11 is 0. The summed E-state index contributed by atoms with van der Waals surface area (Å²) < 4.78 is 0. The Morgan fingerprint density at radius 2 is 1.88 bits per heavy atom. The minimum atomic E-state index is 0.639. The van der Waals surface area contributed by atoms with Crippen LogP contribution in [0.25, 0.3) is 0 Å². The number of rotatable bonds is 6. The summed E-state index contributed by atoms with van der Waals surface area (Å²) in [6.45, 7) is 12.3. The van der Waals surface area contributed by atoms with Crippen molar-refractivity contribution in [3.63, 3.8) is 0 Å². The zero-order valence-electron chi connectivity index (χ0n) is 12.0. The van der Waals surface area contributed by atoms with Crippen LogP contribution in [0, 0.1) is 19.8 Å². The fourth-order valence-corrected chi connectivity index (χ4v) is 2.52. The lowest BCUT2D eigenvalue weighted by molar-refractivity contribution is 0.370. The highest BCUT2D eigenvalue weighted by Gasteiger charge is 2.15. The van der Waals surface area contributed by atoms with Gasteiger partial charge in [0.1, 0.15) is 0 Å². The van der Waals surface area contributed by atoms with E-state index >= 15 is 0 Å². The van der Waals surface area contributed by atoms with Gasteiger partial charge >= 0.3 is 0 Å². The number of hydrogen-bond acceptors (Lipinski definition) is 1. The van der Waals surface area contributed by atoms with Crippen LogP contribution in [0.3, 0.4) is 0 Å². The van der Waals surface area contributed by atoms with Crippen LogP contribution in [0.15, 0.2) is 18.2 Å². The third-order valence-corrected chi connectivity index (χ3v) is 3.64. The van der Waals surface area contributed by atoms with E-state index in [1.54, 1.807) is 0 Å². The first kappa shape index (κ1) is 14.2. The van der Waals surface area contributed by atoms with Gasteiger partial charge in [-0.1, -0.05) is 44.5 Å². The topological polar surface area (TPSA) is 12.0 Å². The molecule has 0 radical (unpaired) electrons. The first-order valence-corrected chi connectivity index (χ1v) is 6.88. The molecule has 0 amide bonds. The van der Waals surface area contributed by atoms with Crippen molar-refractivity contribution >= 4 is 0 Å². The van der Waals surface area contributed by atoms with Gasteiger partial charge in [-0.2, -0.15) is 0 Å². The Morgan fingerprint density at radius 3 is 2.47 bits per heavy atom. The average Bonchev–Trinajstić information content (AvgIpc) is 2.30. The van der Waals surface area contributed by atoms with Crippen molar-refractivity contribution in [3.05, 3.63) is 34.9 Å². The smallest absolute Gasteiger partial charge is 0.00931 e. The lowest BCUT2D eigenvalue weighted by Gasteiger charge is -2.24. The van der Waals surface area contributed by atoms with Crippen molar-refractivity contribution in [2.24, 2.45) is 5.92 Å². The number of nitrogens with one attached hydrogen (secondary N) is 1. The third-order valence-electron chi connectivity index (χ3n) is 3.64. The largest absolute Gasteiger partial charge is 0.314 e. The van der Waals surface area contributed by atoms with E-state index in [0.29, 0.717) is 12.0 Å². The van der Waals surface area contributed by atoms with E-state index < -0.39 is 0 Å². The van der Waals surface area contributed by atoms with Gasteiger partial charge in [-0.3, -0.25) is 0 Å². The zero-order valence-corrected chi connectivity index (χ0v) is 12.0. The molecule has 0 aliphatic heterocycles. The lowest BCUT2D eigenvalue weighted by Crippen LogP contribution is -2.35. The Balaban J connectivity index is 2.72. The molecule has 0 aliphatic carbocycles. The molecule has 1 nitrogen and oxygen atoms in total. The van der Waals surface area contributed by atoms with Crippen molar-refractivity contribution < 1.29 is 0 Å². The number of benzene rings is 1. The van der Waals surface area contributed by atoms with E-state index in [1.807, 2.05) is 0 Å². The molecule has 0 heterocycles. The van der Waals surface area contributed by atoms with Crippen molar-refractivity contribution in [1.29, 1.82) is 0 Å². The van der Waals surface area contributed by atoms with Crippen LogP contribution >= 0.6 is 0 Å². The molecule has 0 aliphatic rings. The fourth-order valence-electron chi connectivity index (χ4n) is 2.52. The van der Waals surface area contributed by atoms with Gasteiger partial charge in [0, 0.05) is 6.04 Å². The Labute approximate surface area is 107 Å². The van der Waals surface area contributed by atoms with Crippen LogP contribution in [0.2, 0.25) is 0 Å². The van der Waals surface area contributed by atoms with Crippen LogP contribution in [0.5, 0.6) is 0 Å². The molecule has 0 aromatic heterocycles. The second-order valence-electron chi connectivity index (χ2n) is 5.18. The van der Waals surface area contributed by atoms with E-state index in [1.165, 1.54) is 29.5 Å². The second-order valence-corrected chi connectivity index (χ2v) is 5.18. The molecule has 0 bridgehead atoms. The summed E-state index contributed by atoms with van der Waals surface area (Å²) in [6.07, 6.45) is 2.39. The number of aryl methyl sites for hydroxylation is 2. The van der Waals surface area contributed by atoms with Gasteiger partial charge < -0.3 is 5.32 Å². The van der Waals surface area contributed by atoms with E-state index in [9.17, 15) is 0 Å². The van der Waals surface area contributed by atoms with Gasteiger partial charge in [-0.05, 0) is 50.3 Å². The van der Waals surface area contributed by atoms with Crippen LogP contribution in [-0.4, -0.2) is 12.6 Å². The zero-order chi connectivity index (χ0) is 12.8. The maximum absolute atomic E-state index is 3.59. The van der Waals surface area contributed by atoms with Crippen molar-refractivity contribution in [1.82, 2.24) is 5.32 Å². The Kier molecular flexibility index (Phi) is 5.70. The van der Waals surface area contributed by atoms with Crippen LogP contribution in [-0.2, 0) is 6.42 Å².